The summed E-state index contributed by atoms with van der Waals surface area (Å²) in [6, 6.07) is 16.1. The molecule has 6 rings (SSSR count). The molecule has 0 radical (unpaired) electrons. The smallest absolute Gasteiger partial charge is 0.132 e. The van der Waals surface area contributed by atoms with Crippen molar-refractivity contribution in [2.24, 2.45) is 0 Å². The third-order valence-corrected chi connectivity index (χ3v) is 6.92. The Morgan fingerprint density at radius 2 is 1.74 bits per heavy atom. The van der Waals surface area contributed by atoms with Crippen LogP contribution < -0.4 is 5.32 Å². The molecule has 2 saturated carbocycles. The van der Waals surface area contributed by atoms with Crippen molar-refractivity contribution in [3.8, 4) is 17.3 Å². The number of nitrogens with one attached hydrogen (secondary N) is 2. The molecule has 3 N–H and O–H groups in total. The average molecular weight is 451 g/mol. The largest absolute Gasteiger partial charge is 0.393 e. The normalized spacial score (nSPS) is 20.2. The number of nitrogens with zero attached hydrogens (tertiary/aromatic N) is 4. The van der Waals surface area contributed by atoms with Gasteiger partial charge in [0.25, 0.3) is 0 Å². The van der Waals surface area contributed by atoms with Gasteiger partial charge in [-0.25, -0.2) is 15.0 Å². The first-order valence-electron chi connectivity index (χ1n) is 12.0. The summed E-state index contributed by atoms with van der Waals surface area (Å²) in [7, 11) is 0. The summed E-state index contributed by atoms with van der Waals surface area (Å²) in [4.78, 5) is 17.6. The van der Waals surface area contributed by atoms with E-state index in [-0.39, 0.29) is 6.10 Å². The van der Waals surface area contributed by atoms with Crippen molar-refractivity contribution in [1.29, 1.82) is 5.26 Å². The number of hydrogen-bond donors (Lipinski definition) is 3. The first-order valence-corrected chi connectivity index (χ1v) is 12.0. The number of nitriles is 1. The van der Waals surface area contributed by atoms with Gasteiger partial charge in [-0.2, -0.15) is 5.26 Å². The second-order valence-corrected chi connectivity index (χ2v) is 9.47. The molecule has 170 valence electrons. The molecule has 0 atom stereocenters. The monoisotopic (exact) mass is 450 g/mol. The fourth-order valence-electron chi connectivity index (χ4n) is 4.85. The fourth-order valence-corrected chi connectivity index (χ4v) is 4.85. The highest BCUT2D eigenvalue weighted by Gasteiger charge is 2.26. The predicted molar refractivity (Wildman–Crippen MR) is 131 cm³/mol. The first kappa shape index (κ1) is 20.8. The van der Waals surface area contributed by atoms with Gasteiger partial charge in [-0.05, 0) is 86.4 Å². The molecule has 0 amide bonds. The Balaban J connectivity index is 1.33. The number of imidazole rings is 1. The van der Waals surface area contributed by atoms with Crippen molar-refractivity contribution < 1.29 is 5.11 Å². The number of aromatic nitrogens is 4. The van der Waals surface area contributed by atoms with Gasteiger partial charge in [0.2, 0.25) is 0 Å². The number of rotatable bonds is 5. The molecule has 0 aliphatic heterocycles. The topological polar surface area (TPSA) is 111 Å². The molecule has 34 heavy (non-hydrogen) atoms. The van der Waals surface area contributed by atoms with Crippen LogP contribution in [-0.2, 0) is 0 Å². The molecule has 4 aromatic rings. The number of aliphatic hydroxyl groups excluding tert-OH is 1. The van der Waals surface area contributed by atoms with Crippen LogP contribution in [0.2, 0.25) is 0 Å². The lowest BCUT2D eigenvalue weighted by atomic mass is 9.87. The van der Waals surface area contributed by atoms with E-state index >= 15 is 0 Å². The van der Waals surface area contributed by atoms with Crippen LogP contribution in [0.5, 0.6) is 0 Å². The average Bonchev–Trinajstić information content (AvgIpc) is 3.63. The van der Waals surface area contributed by atoms with Crippen molar-refractivity contribution in [3.05, 3.63) is 65.6 Å². The van der Waals surface area contributed by atoms with Crippen LogP contribution in [0.15, 0.2) is 48.7 Å². The standard InChI is InChI=1S/C27H26N6O/c28-15-16-9-10-29-25(11-16)33-26-14-20(17-1-2-17)13-23(30-26)19-5-8-22-24(12-19)32-27(31-22)18-3-6-21(34)7-4-18/h5,8-14,17-18,21,34H,1-4,6-7H2,(H,31,32)(H,29,30,33). The van der Waals surface area contributed by atoms with Gasteiger partial charge in [0.15, 0.2) is 0 Å². The van der Waals surface area contributed by atoms with Gasteiger partial charge in [-0.3, -0.25) is 0 Å². The van der Waals surface area contributed by atoms with Crippen molar-refractivity contribution >= 4 is 22.7 Å². The van der Waals surface area contributed by atoms with Gasteiger partial charge in [-0.15, -0.1) is 0 Å². The van der Waals surface area contributed by atoms with Crippen LogP contribution >= 0.6 is 0 Å². The molecule has 2 aliphatic rings. The molecule has 2 fully saturated rings. The van der Waals surface area contributed by atoms with Gasteiger partial charge in [0.05, 0.1) is 34.5 Å². The number of pyridine rings is 2. The van der Waals surface area contributed by atoms with Gasteiger partial charge >= 0.3 is 0 Å². The number of H-pyrrole nitrogens is 1. The highest BCUT2D eigenvalue weighted by Crippen LogP contribution is 2.42. The van der Waals surface area contributed by atoms with Crippen LogP contribution in [0.25, 0.3) is 22.3 Å². The van der Waals surface area contributed by atoms with E-state index in [9.17, 15) is 10.4 Å². The first-order chi connectivity index (χ1) is 16.6. The van der Waals surface area contributed by atoms with Crippen molar-refractivity contribution in [1.82, 2.24) is 19.9 Å². The van der Waals surface area contributed by atoms with E-state index in [4.69, 9.17) is 9.97 Å². The lowest BCUT2D eigenvalue weighted by Crippen LogP contribution is -2.17. The summed E-state index contributed by atoms with van der Waals surface area (Å²) in [5, 5.41) is 22.3. The number of fused-ring (bicyclic) bond motifs is 1. The summed E-state index contributed by atoms with van der Waals surface area (Å²) in [6.45, 7) is 0. The van der Waals surface area contributed by atoms with Crippen LogP contribution in [0.3, 0.4) is 0 Å². The van der Waals surface area contributed by atoms with E-state index in [0.29, 0.717) is 23.2 Å². The SMILES string of the molecule is N#Cc1ccnc(Nc2cc(C3CC3)cc(-c3ccc4nc(C5CCC(O)CC5)[nH]c4c3)n2)c1. The van der Waals surface area contributed by atoms with Gasteiger partial charge in [0, 0.05) is 17.7 Å². The highest BCUT2D eigenvalue weighted by atomic mass is 16.3. The predicted octanol–water partition coefficient (Wildman–Crippen LogP) is 5.53. The maximum atomic E-state index is 9.82. The van der Waals surface area contributed by atoms with Gasteiger partial charge in [-0.1, -0.05) is 6.07 Å². The summed E-state index contributed by atoms with van der Waals surface area (Å²) < 4.78 is 0. The van der Waals surface area contributed by atoms with Crippen LogP contribution in [-0.4, -0.2) is 31.1 Å². The Morgan fingerprint density at radius 3 is 2.53 bits per heavy atom. The van der Waals surface area contributed by atoms with E-state index in [1.807, 2.05) is 0 Å². The van der Waals surface area contributed by atoms with Gasteiger partial charge in [0.1, 0.15) is 17.5 Å². The van der Waals surface area contributed by atoms with Crippen LogP contribution in [0.4, 0.5) is 11.6 Å². The Morgan fingerprint density at radius 1 is 0.912 bits per heavy atom. The quantitative estimate of drug-likeness (QED) is 0.369. The van der Waals surface area contributed by atoms with E-state index in [2.05, 4.69) is 51.7 Å². The van der Waals surface area contributed by atoms with Crippen molar-refractivity contribution in [2.45, 2.75) is 56.5 Å². The molecule has 3 aromatic heterocycles. The van der Waals surface area contributed by atoms with Crippen molar-refractivity contribution in [3.63, 3.8) is 0 Å². The number of aliphatic hydroxyl groups is 1. The van der Waals surface area contributed by atoms with E-state index in [1.54, 1.807) is 18.3 Å². The maximum Gasteiger partial charge on any atom is 0.132 e. The number of benzene rings is 1. The third-order valence-electron chi connectivity index (χ3n) is 6.92. The van der Waals surface area contributed by atoms with Crippen LogP contribution in [0, 0.1) is 11.3 Å². The van der Waals surface area contributed by atoms with E-state index in [1.165, 1.54) is 18.4 Å². The molecule has 0 bridgehead atoms. The Kier molecular flexibility index (Phi) is 5.23. The fraction of sp³-hybridized carbons (Fsp3) is 0.333. The summed E-state index contributed by atoms with van der Waals surface area (Å²) in [6.07, 6.45) is 7.47. The molecule has 7 heteroatoms. The van der Waals surface area contributed by atoms with Crippen molar-refractivity contribution in [2.75, 3.05) is 5.32 Å². The molecular weight excluding hydrogens is 424 g/mol. The Labute approximate surface area is 197 Å². The zero-order chi connectivity index (χ0) is 23.1. The number of anilines is 2. The second kappa shape index (κ2) is 8.54. The molecule has 0 saturated heterocycles. The second-order valence-electron chi connectivity index (χ2n) is 9.47. The molecule has 2 aliphatic carbocycles. The zero-order valence-corrected chi connectivity index (χ0v) is 18.8. The van der Waals surface area contributed by atoms with E-state index in [0.717, 1.165) is 59.6 Å². The number of hydrogen-bond acceptors (Lipinski definition) is 6. The lowest BCUT2D eigenvalue weighted by molar-refractivity contribution is 0.121. The summed E-state index contributed by atoms with van der Waals surface area (Å²) in [5.74, 6) is 3.31. The molecule has 0 spiro atoms. The Hall–Kier alpha value is -3.76. The molecule has 3 heterocycles. The Bertz CT molecular complexity index is 1390. The maximum absolute atomic E-state index is 9.82. The molecule has 0 unspecified atom stereocenters. The third kappa shape index (κ3) is 4.25. The molecule has 7 nitrogen and oxygen atoms in total. The lowest BCUT2D eigenvalue weighted by Gasteiger charge is -2.23. The number of aromatic amines is 1. The highest BCUT2D eigenvalue weighted by molar-refractivity contribution is 5.81. The minimum absolute atomic E-state index is 0.169. The van der Waals surface area contributed by atoms with Gasteiger partial charge < -0.3 is 15.4 Å². The molecule has 1 aromatic carbocycles. The minimum Gasteiger partial charge on any atom is -0.393 e. The summed E-state index contributed by atoms with van der Waals surface area (Å²) in [5.41, 5.74) is 5.74. The molecular formula is C27H26N6O. The van der Waals surface area contributed by atoms with E-state index < -0.39 is 0 Å². The van der Waals surface area contributed by atoms with Crippen LogP contribution in [0.1, 0.15) is 67.3 Å². The summed E-state index contributed by atoms with van der Waals surface area (Å²) >= 11 is 0. The minimum atomic E-state index is -0.169. The zero-order valence-electron chi connectivity index (χ0n) is 18.8.